The molecule has 3 aliphatic heterocycles. The molecule has 0 aliphatic carbocycles. The zero-order valence-electron chi connectivity index (χ0n) is 15.2. The Balaban J connectivity index is 1.39. The van der Waals surface area contributed by atoms with E-state index in [1.165, 1.54) is 0 Å². The van der Waals surface area contributed by atoms with Crippen molar-refractivity contribution < 1.29 is 9.59 Å². The van der Waals surface area contributed by atoms with Gasteiger partial charge in [-0.05, 0) is 55.4 Å². The number of fused-ring (bicyclic) bond motifs is 5. The average Bonchev–Trinajstić information content (AvgIpc) is 3.02. The van der Waals surface area contributed by atoms with Gasteiger partial charge in [0.1, 0.15) is 0 Å². The van der Waals surface area contributed by atoms with Gasteiger partial charge in [-0.2, -0.15) is 0 Å². The molecule has 1 aromatic heterocycles. The molecule has 5 heteroatoms. The van der Waals surface area contributed by atoms with Crippen molar-refractivity contribution in [1.29, 1.82) is 0 Å². The maximum absolute atomic E-state index is 13.1. The van der Waals surface area contributed by atoms with Crippen molar-refractivity contribution in [1.82, 2.24) is 14.4 Å². The Labute approximate surface area is 153 Å². The summed E-state index contributed by atoms with van der Waals surface area (Å²) in [5.41, 5.74) is 1.92. The van der Waals surface area contributed by atoms with Crippen LogP contribution in [0, 0.1) is 11.8 Å². The van der Waals surface area contributed by atoms with E-state index in [2.05, 4.69) is 15.5 Å². The van der Waals surface area contributed by atoms with Crippen LogP contribution in [0.5, 0.6) is 0 Å². The van der Waals surface area contributed by atoms with Gasteiger partial charge in [-0.3, -0.25) is 9.59 Å². The Morgan fingerprint density at radius 1 is 1.15 bits per heavy atom. The quantitative estimate of drug-likeness (QED) is 0.793. The minimum Gasteiger partial charge on any atom is -0.351 e. The molecular weight excluding hydrogens is 326 g/mol. The van der Waals surface area contributed by atoms with E-state index >= 15 is 0 Å². The van der Waals surface area contributed by atoms with Crippen LogP contribution in [0.25, 0.3) is 10.9 Å². The fourth-order valence-corrected chi connectivity index (χ4v) is 5.37. The number of carbonyl (C=O) groups is 2. The molecule has 3 saturated heterocycles. The zero-order chi connectivity index (χ0) is 17.8. The molecular formula is C21H25N3O2. The maximum atomic E-state index is 13.1. The van der Waals surface area contributed by atoms with E-state index in [-0.39, 0.29) is 5.91 Å². The van der Waals surface area contributed by atoms with Crippen molar-refractivity contribution in [2.24, 2.45) is 18.9 Å². The van der Waals surface area contributed by atoms with Crippen LogP contribution in [0.3, 0.4) is 0 Å². The van der Waals surface area contributed by atoms with Crippen LogP contribution in [0.2, 0.25) is 0 Å². The summed E-state index contributed by atoms with van der Waals surface area (Å²) in [5.74, 6) is 1.33. The van der Waals surface area contributed by atoms with Crippen LogP contribution >= 0.6 is 0 Å². The Bertz CT molecular complexity index is 887. The third-order valence-electron chi connectivity index (χ3n) is 6.60. The van der Waals surface area contributed by atoms with Crippen molar-refractivity contribution in [3.05, 3.63) is 36.0 Å². The third kappa shape index (κ3) is 2.44. The minimum atomic E-state index is 0.140. The molecule has 0 N–H and O–H groups in total. The molecule has 2 aromatic rings. The Morgan fingerprint density at radius 3 is 2.92 bits per heavy atom. The lowest BCUT2D eigenvalue weighted by atomic mass is 9.76. The van der Waals surface area contributed by atoms with E-state index in [4.69, 9.17) is 0 Å². The van der Waals surface area contributed by atoms with E-state index < -0.39 is 0 Å². The van der Waals surface area contributed by atoms with E-state index in [0.717, 1.165) is 55.4 Å². The molecule has 2 bridgehead atoms. The molecule has 136 valence electrons. The number of amides is 2. The number of carbonyl (C=O) groups excluding carboxylic acids is 2. The van der Waals surface area contributed by atoms with Gasteiger partial charge < -0.3 is 14.4 Å². The van der Waals surface area contributed by atoms with E-state index in [0.29, 0.717) is 30.2 Å². The van der Waals surface area contributed by atoms with Gasteiger partial charge in [-0.25, -0.2) is 0 Å². The summed E-state index contributed by atoms with van der Waals surface area (Å²) in [4.78, 5) is 29.6. The molecule has 2 amide bonds. The van der Waals surface area contributed by atoms with Crippen LogP contribution in [-0.4, -0.2) is 51.9 Å². The summed E-state index contributed by atoms with van der Waals surface area (Å²) in [6.45, 7) is 2.40. The number of benzene rings is 1. The predicted molar refractivity (Wildman–Crippen MR) is 99.8 cm³/mol. The highest BCUT2D eigenvalue weighted by Gasteiger charge is 2.44. The van der Waals surface area contributed by atoms with Crippen molar-refractivity contribution in [3.63, 3.8) is 0 Å². The summed E-state index contributed by atoms with van der Waals surface area (Å²) >= 11 is 0. The third-order valence-corrected chi connectivity index (χ3v) is 6.60. The van der Waals surface area contributed by atoms with Gasteiger partial charge in [0.25, 0.3) is 5.91 Å². The lowest BCUT2D eigenvalue weighted by Gasteiger charge is -2.52. The molecule has 0 spiro atoms. The lowest BCUT2D eigenvalue weighted by molar-refractivity contribution is -0.144. The monoisotopic (exact) mass is 351 g/mol. The molecule has 26 heavy (non-hydrogen) atoms. The molecule has 5 nitrogen and oxygen atoms in total. The van der Waals surface area contributed by atoms with E-state index in [1.807, 2.05) is 36.3 Å². The summed E-state index contributed by atoms with van der Waals surface area (Å²) in [6.07, 6.45) is 5.99. The Morgan fingerprint density at radius 2 is 2.04 bits per heavy atom. The lowest BCUT2D eigenvalue weighted by Crippen LogP contribution is -2.61. The largest absolute Gasteiger partial charge is 0.351 e. The van der Waals surface area contributed by atoms with Crippen LogP contribution < -0.4 is 0 Å². The minimum absolute atomic E-state index is 0.140. The van der Waals surface area contributed by atoms with E-state index in [9.17, 15) is 9.59 Å². The number of hydrogen-bond donors (Lipinski definition) is 0. The van der Waals surface area contributed by atoms with Crippen molar-refractivity contribution in [3.8, 4) is 0 Å². The van der Waals surface area contributed by atoms with Crippen LogP contribution in [0.4, 0.5) is 0 Å². The number of rotatable bonds is 1. The summed E-state index contributed by atoms with van der Waals surface area (Å²) in [6, 6.07) is 8.40. The zero-order valence-corrected chi connectivity index (χ0v) is 15.2. The first-order valence-corrected chi connectivity index (χ1v) is 9.74. The molecule has 0 unspecified atom stereocenters. The molecule has 5 rings (SSSR count). The second-order valence-electron chi connectivity index (χ2n) is 8.28. The highest BCUT2D eigenvalue weighted by atomic mass is 16.2. The average molecular weight is 351 g/mol. The van der Waals surface area contributed by atoms with Crippen molar-refractivity contribution in [2.75, 3.05) is 19.6 Å². The molecule has 3 fully saturated rings. The fourth-order valence-electron chi connectivity index (χ4n) is 5.37. The van der Waals surface area contributed by atoms with Gasteiger partial charge in [-0.15, -0.1) is 0 Å². The first-order chi connectivity index (χ1) is 12.6. The van der Waals surface area contributed by atoms with E-state index in [1.54, 1.807) is 0 Å². The standard InChI is InChI=1S/C21H25N3O2/c1-22-8-7-15-10-16(5-6-18(15)22)21(26)23-11-14-9-17(13-23)19-3-2-4-20(25)24(19)12-14/h5-8,10,14,17,19H,2-4,9,11-13H2,1H3/t14-,17+,19-/m1/s1. The van der Waals surface area contributed by atoms with Gasteiger partial charge in [0, 0.05) is 61.8 Å². The highest BCUT2D eigenvalue weighted by Crippen LogP contribution is 2.38. The normalized spacial score (nSPS) is 28.3. The number of aryl methyl sites for hydroxylation is 1. The summed E-state index contributed by atoms with van der Waals surface area (Å²) < 4.78 is 2.07. The van der Waals surface area contributed by atoms with Gasteiger partial charge >= 0.3 is 0 Å². The van der Waals surface area contributed by atoms with Crippen molar-refractivity contribution in [2.45, 2.75) is 31.7 Å². The first-order valence-electron chi connectivity index (χ1n) is 9.74. The first kappa shape index (κ1) is 15.9. The van der Waals surface area contributed by atoms with Gasteiger partial charge in [-0.1, -0.05) is 0 Å². The molecule has 0 saturated carbocycles. The van der Waals surface area contributed by atoms with Crippen LogP contribution in [0.15, 0.2) is 30.5 Å². The molecule has 3 aliphatic rings. The summed E-state index contributed by atoms with van der Waals surface area (Å²) in [5, 5.41) is 1.11. The number of likely N-dealkylation sites (tertiary alicyclic amines) is 1. The smallest absolute Gasteiger partial charge is 0.253 e. The number of hydrogen-bond acceptors (Lipinski definition) is 2. The maximum Gasteiger partial charge on any atom is 0.253 e. The Kier molecular flexibility index (Phi) is 3.59. The second kappa shape index (κ2) is 5.86. The van der Waals surface area contributed by atoms with Crippen LogP contribution in [0.1, 0.15) is 36.0 Å². The number of nitrogens with zero attached hydrogens (tertiary/aromatic N) is 3. The SMILES string of the molecule is Cn1ccc2cc(C(=O)N3C[C@H]4C[C@@H](C3)[C@H]3CCCC(=O)N3C4)ccc21. The van der Waals surface area contributed by atoms with Gasteiger partial charge in [0.05, 0.1) is 0 Å². The molecule has 1 aromatic carbocycles. The Hall–Kier alpha value is -2.30. The molecule has 3 atom stereocenters. The predicted octanol–water partition coefficient (Wildman–Crippen LogP) is 2.65. The molecule has 4 heterocycles. The second-order valence-corrected chi connectivity index (χ2v) is 8.28. The number of piperidine rings is 3. The highest BCUT2D eigenvalue weighted by molar-refractivity contribution is 5.98. The fraction of sp³-hybridized carbons (Fsp3) is 0.524. The summed E-state index contributed by atoms with van der Waals surface area (Å²) in [7, 11) is 2.02. The van der Waals surface area contributed by atoms with Crippen molar-refractivity contribution >= 4 is 22.7 Å². The van der Waals surface area contributed by atoms with Gasteiger partial charge in [0.2, 0.25) is 5.91 Å². The van der Waals surface area contributed by atoms with Crippen LogP contribution in [-0.2, 0) is 11.8 Å². The topological polar surface area (TPSA) is 45.6 Å². The molecule has 0 radical (unpaired) electrons. The van der Waals surface area contributed by atoms with Gasteiger partial charge in [0.15, 0.2) is 0 Å². The number of aromatic nitrogens is 1.